The highest BCUT2D eigenvalue weighted by molar-refractivity contribution is 6.10. The highest BCUT2D eigenvalue weighted by atomic mass is 19.1. The van der Waals surface area contributed by atoms with E-state index in [4.69, 9.17) is 0 Å². The summed E-state index contributed by atoms with van der Waals surface area (Å²) < 4.78 is 17.0. The summed E-state index contributed by atoms with van der Waals surface area (Å²) in [6.45, 7) is 7.24. The van der Waals surface area contributed by atoms with Gasteiger partial charge in [0.1, 0.15) is 11.4 Å². The lowest BCUT2D eigenvalue weighted by molar-refractivity contribution is 0.173. The van der Waals surface area contributed by atoms with E-state index >= 15 is 4.39 Å². The molecule has 2 aromatic heterocycles. The first-order chi connectivity index (χ1) is 17.7. The van der Waals surface area contributed by atoms with Crippen LogP contribution in [0.4, 0.5) is 4.39 Å². The van der Waals surface area contributed by atoms with Gasteiger partial charge in [-0.2, -0.15) is 0 Å². The Balaban J connectivity index is 1.29. The number of imidazole rings is 1. The molecule has 6 nitrogen and oxygen atoms in total. The molecule has 0 radical (unpaired) electrons. The number of piperidine rings is 1. The minimum Gasteiger partial charge on any atom is -0.303 e. The molecule has 0 spiro atoms. The van der Waals surface area contributed by atoms with Gasteiger partial charge in [0.15, 0.2) is 5.83 Å². The number of allylic oxidation sites excluding steroid dienone is 1. The quantitative estimate of drug-likeness (QED) is 0.406. The van der Waals surface area contributed by atoms with Crippen molar-refractivity contribution in [2.24, 2.45) is 15.9 Å². The van der Waals surface area contributed by atoms with Crippen molar-refractivity contribution in [3.63, 3.8) is 0 Å². The maximum absolute atomic E-state index is 15.1. The van der Waals surface area contributed by atoms with Gasteiger partial charge >= 0.3 is 0 Å². The van der Waals surface area contributed by atoms with Crippen LogP contribution in [-0.4, -0.2) is 59.1 Å². The molecule has 1 saturated carbocycles. The number of likely N-dealkylation sites (tertiary alicyclic amines) is 1. The van der Waals surface area contributed by atoms with E-state index in [0.717, 1.165) is 54.8 Å². The SMILES string of the molecule is C=N/C=C(F)\C(=N/CNC1CCN(CC2CCCC2)CC1)c1cnc2ccc(-c3ccccc3)cn12. The van der Waals surface area contributed by atoms with E-state index in [-0.39, 0.29) is 5.71 Å². The van der Waals surface area contributed by atoms with Crippen LogP contribution >= 0.6 is 0 Å². The number of nitrogens with zero attached hydrogens (tertiary/aromatic N) is 5. The lowest BCUT2D eigenvalue weighted by Gasteiger charge is -2.33. The first-order valence-corrected chi connectivity index (χ1v) is 13.1. The van der Waals surface area contributed by atoms with Crippen molar-refractivity contribution in [2.45, 2.75) is 44.6 Å². The summed E-state index contributed by atoms with van der Waals surface area (Å²) in [6.07, 6.45) is 12.5. The number of pyridine rings is 1. The van der Waals surface area contributed by atoms with Crippen LogP contribution in [0.15, 0.2) is 76.9 Å². The standard InChI is InChI=1S/C29H35FN6/c1-31-17-26(30)29(34-21-33-25-13-15-35(16-14-25)19-22-7-5-6-8-22)27-18-32-28-12-11-24(20-36(27)28)23-9-3-2-4-10-23/h2-4,9-12,17-18,20,22,25,33H,1,5-8,13-16,19,21H2/b26-17+,34-29+. The van der Waals surface area contributed by atoms with Crippen molar-refractivity contribution in [1.82, 2.24) is 19.6 Å². The molecule has 5 rings (SSSR count). The number of aliphatic imine (C=N–C) groups is 2. The van der Waals surface area contributed by atoms with Gasteiger partial charge in [-0.3, -0.25) is 19.7 Å². The first-order valence-electron chi connectivity index (χ1n) is 13.1. The zero-order valence-corrected chi connectivity index (χ0v) is 20.8. The van der Waals surface area contributed by atoms with Crippen LogP contribution in [0.5, 0.6) is 0 Å². The molecule has 0 unspecified atom stereocenters. The number of nitrogens with one attached hydrogen (secondary N) is 1. The van der Waals surface area contributed by atoms with E-state index in [0.29, 0.717) is 18.4 Å². The molecule has 1 aromatic carbocycles. The van der Waals surface area contributed by atoms with Gasteiger partial charge in [-0.1, -0.05) is 43.2 Å². The molecule has 36 heavy (non-hydrogen) atoms. The van der Waals surface area contributed by atoms with Crippen LogP contribution in [0.3, 0.4) is 0 Å². The Morgan fingerprint density at radius 2 is 1.83 bits per heavy atom. The molecule has 0 bridgehead atoms. The minimum atomic E-state index is -0.523. The third-order valence-corrected chi connectivity index (χ3v) is 7.48. The number of benzene rings is 1. The predicted molar refractivity (Wildman–Crippen MR) is 145 cm³/mol. The first kappa shape index (κ1) is 24.5. The molecule has 7 heteroatoms. The van der Waals surface area contributed by atoms with Gasteiger partial charge in [-0.15, -0.1) is 0 Å². The van der Waals surface area contributed by atoms with Gasteiger partial charge in [0.05, 0.1) is 24.8 Å². The highest BCUT2D eigenvalue weighted by Gasteiger charge is 2.23. The van der Waals surface area contributed by atoms with E-state index in [1.807, 2.05) is 40.9 Å². The summed E-state index contributed by atoms with van der Waals surface area (Å²) >= 11 is 0. The molecule has 2 aliphatic rings. The van der Waals surface area contributed by atoms with Crippen molar-refractivity contribution in [1.29, 1.82) is 0 Å². The smallest absolute Gasteiger partial charge is 0.168 e. The van der Waals surface area contributed by atoms with Crippen LogP contribution in [0, 0.1) is 5.92 Å². The molecule has 3 heterocycles. The van der Waals surface area contributed by atoms with Crippen LogP contribution in [0.25, 0.3) is 16.8 Å². The van der Waals surface area contributed by atoms with E-state index in [2.05, 4.69) is 44.0 Å². The Morgan fingerprint density at radius 1 is 1.06 bits per heavy atom. The summed E-state index contributed by atoms with van der Waals surface area (Å²) in [4.78, 5) is 15.4. The second-order valence-electron chi connectivity index (χ2n) is 9.91. The van der Waals surface area contributed by atoms with Crippen molar-refractivity contribution in [3.05, 3.63) is 72.6 Å². The van der Waals surface area contributed by atoms with Crippen molar-refractivity contribution < 1.29 is 4.39 Å². The molecule has 0 atom stereocenters. The van der Waals surface area contributed by atoms with Gasteiger partial charge < -0.3 is 4.90 Å². The van der Waals surface area contributed by atoms with E-state index in [1.165, 1.54) is 32.2 Å². The number of fused-ring (bicyclic) bond motifs is 1. The lowest BCUT2D eigenvalue weighted by atomic mass is 10.0. The largest absolute Gasteiger partial charge is 0.303 e. The normalized spacial score (nSPS) is 18.8. The second kappa shape index (κ2) is 11.7. The fraction of sp³-hybridized carbons (Fsp3) is 0.414. The number of aromatic nitrogens is 2. The summed E-state index contributed by atoms with van der Waals surface area (Å²) in [5, 5.41) is 3.53. The van der Waals surface area contributed by atoms with E-state index < -0.39 is 5.83 Å². The zero-order chi connectivity index (χ0) is 24.7. The van der Waals surface area contributed by atoms with Gasteiger partial charge in [0.25, 0.3) is 0 Å². The Bertz CT molecular complexity index is 1220. The number of hydrogen-bond acceptors (Lipinski definition) is 5. The van der Waals surface area contributed by atoms with Crippen LogP contribution in [0.1, 0.15) is 44.2 Å². The topological polar surface area (TPSA) is 57.3 Å². The molecule has 1 aliphatic heterocycles. The van der Waals surface area contributed by atoms with Crippen molar-refractivity contribution in [3.8, 4) is 11.1 Å². The summed E-state index contributed by atoms with van der Waals surface area (Å²) in [5.41, 5.74) is 3.66. The Morgan fingerprint density at radius 3 is 2.58 bits per heavy atom. The summed E-state index contributed by atoms with van der Waals surface area (Å²) in [7, 11) is 0. The average Bonchev–Trinajstić information content (AvgIpc) is 3.58. The van der Waals surface area contributed by atoms with Gasteiger partial charge in [-0.25, -0.2) is 9.37 Å². The highest BCUT2D eigenvalue weighted by Crippen LogP contribution is 2.26. The zero-order valence-electron chi connectivity index (χ0n) is 20.8. The fourth-order valence-electron chi connectivity index (χ4n) is 5.51. The minimum absolute atomic E-state index is 0.228. The van der Waals surface area contributed by atoms with Crippen molar-refractivity contribution >= 4 is 18.1 Å². The molecule has 2 fully saturated rings. The molecular weight excluding hydrogens is 451 g/mol. The summed E-state index contributed by atoms with van der Waals surface area (Å²) in [5.74, 6) is 0.368. The van der Waals surface area contributed by atoms with Gasteiger partial charge in [0, 0.05) is 18.8 Å². The predicted octanol–water partition coefficient (Wildman–Crippen LogP) is 5.50. The Labute approximate surface area is 212 Å². The van der Waals surface area contributed by atoms with Gasteiger partial charge in [0.2, 0.25) is 0 Å². The second-order valence-corrected chi connectivity index (χ2v) is 9.91. The lowest BCUT2D eigenvalue weighted by Crippen LogP contribution is -2.44. The van der Waals surface area contributed by atoms with Gasteiger partial charge in [-0.05, 0) is 74.7 Å². The van der Waals surface area contributed by atoms with Crippen LogP contribution in [0.2, 0.25) is 0 Å². The van der Waals surface area contributed by atoms with Crippen LogP contribution in [-0.2, 0) is 0 Å². The third-order valence-electron chi connectivity index (χ3n) is 7.48. The number of halogens is 1. The molecule has 3 aromatic rings. The average molecular weight is 487 g/mol. The summed E-state index contributed by atoms with van der Waals surface area (Å²) in [6, 6.07) is 14.5. The van der Waals surface area contributed by atoms with E-state index in [1.54, 1.807) is 6.20 Å². The molecule has 1 saturated heterocycles. The molecule has 1 aliphatic carbocycles. The van der Waals surface area contributed by atoms with Crippen molar-refractivity contribution in [2.75, 3.05) is 26.3 Å². The molecular formula is C29H35FN6. The maximum atomic E-state index is 15.1. The molecule has 0 amide bonds. The monoisotopic (exact) mass is 486 g/mol. The van der Waals surface area contributed by atoms with Crippen LogP contribution < -0.4 is 5.32 Å². The maximum Gasteiger partial charge on any atom is 0.168 e. The third kappa shape index (κ3) is 5.79. The number of hydrogen-bond donors (Lipinski definition) is 1. The Hall–Kier alpha value is -3.16. The van der Waals surface area contributed by atoms with E-state index in [9.17, 15) is 0 Å². The molecule has 1 N–H and O–H groups in total. The Kier molecular flexibility index (Phi) is 7.98. The number of rotatable bonds is 9. The molecule has 188 valence electrons. The fourth-order valence-corrected chi connectivity index (χ4v) is 5.51.